The summed E-state index contributed by atoms with van der Waals surface area (Å²) >= 11 is 0. The summed E-state index contributed by atoms with van der Waals surface area (Å²) in [5.74, 6) is 1.04. The lowest BCUT2D eigenvalue weighted by Gasteiger charge is -2.20. The molecule has 0 bridgehead atoms. The maximum Gasteiger partial charge on any atom is 0.124 e. The van der Waals surface area contributed by atoms with Crippen molar-refractivity contribution in [1.29, 1.82) is 0 Å². The number of unbranched alkanes of at least 4 members (excludes halogenated alkanes) is 5. The average molecular weight is 291 g/mol. The first-order valence-electron chi connectivity index (χ1n) is 8.63. The minimum Gasteiger partial charge on any atom is -0.494 e. The monoisotopic (exact) mass is 291 g/mol. The van der Waals surface area contributed by atoms with E-state index in [2.05, 4.69) is 44.4 Å². The van der Waals surface area contributed by atoms with E-state index in [1.54, 1.807) is 0 Å². The minimum atomic E-state index is 0.401. The summed E-state index contributed by atoms with van der Waals surface area (Å²) in [6.07, 6.45) is 9.27. The fourth-order valence-electron chi connectivity index (χ4n) is 2.81. The molecular formula is C19H33NO. The van der Waals surface area contributed by atoms with Crippen LogP contribution < -0.4 is 10.1 Å². The second-order valence-electron chi connectivity index (χ2n) is 5.87. The number of rotatable bonds is 11. The van der Waals surface area contributed by atoms with E-state index in [-0.39, 0.29) is 0 Å². The molecule has 0 aromatic heterocycles. The van der Waals surface area contributed by atoms with Crippen LogP contribution in [-0.4, -0.2) is 13.7 Å². The molecule has 0 saturated carbocycles. The zero-order valence-electron chi connectivity index (χ0n) is 14.4. The highest BCUT2D eigenvalue weighted by Gasteiger charge is 2.14. The van der Waals surface area contributed by atoms with Crippen LogP contribution in [0.15, 0.2) is 18.2 Å². The van der Waals surface area contributed by atoms with Gasteiger partial charge >= 0.3 is 0 Å². The van der Waals surface area contributed by atoms with Crippen LogP contribution in [0.2, 0.25) is 0 Å². The predicted octanol–water partition coefficient (Wildman–Crippen LogP) is 5.40. The maximum atomic E-state index is 5.79. The molecule has 1 rings (SSSR count). The van der Waals surface area contributed by atoms with Crippen LogP contribution in [0, 0.1) is 6.92 Å². The molecule has 1 aromatic carbocycles. The molecule has 120 valence electrons. The van der Waals surface area contributed by atoms with E-state index < -0.39 is 0 Å². The third-order valence-corrected chi connectivity index (χ3v) is 4.04. The second-order valence-corrected chi connectivity index (χ2v) is 5.87. The zero-order chi connectivity index (χ0) is 15.5. The molecule has 0 aliphatic rings. The Balaban J connectivity index is 2.56. The van der Waals surface area contributed by atoms with Crippen LogP contribution in [0.4, 0.5) is 0 Å². The summed E-state index contributed by atoms with van der Waals surface area (Å²) in [5, 5.41) is 3.47. The van der Waals surface area contributed by atoms with Gasteiger partial charge in [-0.15, -0.1) is 0 Å². The molecule has 1 aromatic rings. The van der Waals surface area contributed by atoms with E-state index in [1.807, 2.05) is 6.92 Å². The Labute approximate surface area is 131 Å². The molecule has 0 aliphatic carbocycles. The molecule has 2 nitrogen and oxygen atoms in total. The lowest BCUT2D eigenvalue weighted by molar-refractivity contribution is 0.330. The highest BCUT2D eigenvalue weighted by molar-refractivity contribution is 5.39. The highest BCUT2D eigenvalue weighted by atomic mass is 16.5. The van der Waals surface area contributed by atoms with Crippen LogP contribution in [0.3, 0.4) is 0 Å². The van der Waals surface area contributed by atoms with Gasteiger partial charge in [-0.3, -0.25) is 0 Å². The van der Waals surface area contributed by atoms with E-state index >= 15 is 0 Å². The van der Waals surface area contributed by atoms with E-state index in [0.29, 0.717) is 6.04 Å². The smallest absolute Gasteiger partial charge is 0.124 e. The van der Waals surface area contributed by atoms with E-state index in [1.165, 1.54) is 56.1 Å². The zero-order valence-corrected chi connectivity index (χ0v) is 14.4. The van der Waals surface area contributed by atoms with Gasteiger partial charge in [-0.1, -0.05) is 63.1 Å². The highest BCUT2D eigenvalue weighted by Crippen LogP contribution is 2.29. The Morgan fingerprint density at radius 2 is 1.76 bits per heavy atom. The fraction of sp³-hybridized carbons (Fsp3) is 0.684. The molecule has 1 unspecified atom stereocenters. The number of aryl methyl sites for hydroxylation is 1. The first kappa shape index (κ1) is 18.0. The molecule has 21 heavy (non-hydrogen) atoms. The van der Waals surface area contributed by atoms with Crippen molar-refractivity contribution >= 4 is 0 Å². The number of ether oxygens (including phenoxy) is 1. The summed E-state index contributed by atoms with van der Waals surface area (Å²) < 4.78 is 5.79. The first-order valence-corrected chi connectivity index (χ1v) is 8.63. The summed E-state index contributed by atoms with van der Waals surface area (Å²) in [4.78, 5) is 0. The Morgan fingerprint density at radius 1 is 1.05 bits per heavy atom. The van der Waals surface area contributed by atoms with Crippen LogP contribution in [0.1, 0.15) is 76.0 Å². The Morgan fingerprint density at radius 3 is 2.43 bits per heavy atom. The van der Waals surface area contributed by atoms with E-state index in [4.69, 9.17) is 4.74 Å². The quantitative estimate of drug-likeness (QED) is 0.551. The van der Waals surface area contributed by atoms with Crippen molar-refractivity contribution in [2.45, 2.75) is 71.8 Å². The predicted molar refractivity (Wildman–Crippen MR) is 92.1 cm³/mol. The van der Waals surface area contributed by atoms with Gasteiger partial charge in [0.25, 0.3) is 0 Å². The molecule has 1 atom stereocenters. The molecule has 0 spiro atoms. The molecule has 0 aliphatic heterocycles. The fourth-order valence-corrected chi connectivity index (χ4v) is 2.81. The van der Waals surface area contributed by atoms with Crippen molar-refractivity contribution in [3.63, 3.8) is 0 Å². The van der Waals surface area contributed by atoms with Gasteiger partial charge < -0.3 is 10.1 Å². The van der Waals surface area contributed by atoms with Crippen LogP contribution in [0.25, 0.3) is 0 Å². The molecule has 0 fully saturated rings. The molecular weight excluding hydrogens is 258 g/mol. The summed E-state index contributed by atoms with van der Waals surface area (Å²) in [6, 6.07) is 6.91. The molecule has 1 N–H and O–H groups in total. The Bertz CT molecular complexity index is 389. The second kappa shape index (κ2) is 10.7. The molecule has 0 radical (unpaired) electrons. The number of benzene rings is 1. The lowest BCUT2D eigenvalue weighted by atomic mass is 9.97. The lowest BCUT2D eigenvalue weighted by Crippen LogP contribution is -2.17. The van der Waals surface area contributed by atoms with Crippen LogP contribution >= 0.6 is 0 Å². The number of nitrogens with one attached hydrogen (secondary N) is 1. The molecule has 0 amide bonds. The van der Waals surface area contributed by atoms with Gasteiger partial charge in [-0.25, -0.2) is 0 Å². The van der Waals surface area contributed by atoms with Crippen molar-refractivity contribution < 1.29 is 4.74 Å². The van der Waals surface area contributed by atoms with Gasteiger partial charge in [-0.2, -0.15) is 0 Å². The summed E-state index contributed by atoms with van der Waals surface area (Å²) in [7, 11) is 2.06. The molecule has 0 heterocycles. The van der Waals surface area contributed by atoms with Crippen molar-refractivity contribution in [2.75, 3.05) is 13.7 Å². The first-order chi connectivity index (χ1) is 10.2. The topological polar surface area (TPSA) is 21.3 Å². The van der Waals surface area contributed by atoms with Gasteiger partial charge in [0.05, 0.1) is 6.61 Å². The normalized spacial score (nSPS) is 12.4. The maximum absolute atomic E-state index is 5.79. The van der Waals surface area contributed by atoms with E-state index in [0.717, 1.165) is 12.4 Å². The van der Waals surface area contributed by atoms with Gasteiger partial charge in [0, 0.05) is 11.6 Å². The standard InChI is InChI=1S/C19H33NO/c1-5-7-8-9-10-11-12-18(20-4)17-15-16(3)13-14-19(17)21-6-2/h13-15,18,20H,5-12H2,1-4H3. The van der Waals surface area contributed by atoms with Gasteiger partial charge in [-0.05, 0) is 33.4 Å². The Kier molecular flexibility index (Phi) is 9.16. The largest absolute Gasteiger partial charge is 0.494 e. The Hall–Kier alpha value is -1.02. The van der Waals surface area contributed by atoms with E-state index in [9.17, 15) is 0 Å². The summed E-state index contributed by atoms with van der Waals surface area (Å²) in [6.45, 7) is 7.19. The van der Waals surface area contributed by atoms with Crippen LogP contribution in [-0.2, 0) is 0 Å². The van der Waals surface area contributed by atoms with Crippen molar-refractivity contribution in [3.05, 3.63) is 29.3 Å². The van der Waals surface area contributed by atoms with Crippen molar-refractivity contribution in [2.24, 2.45) is 0 Å². The minimum absolute atomic E-state index is 0.401. The van der Waals surface area contributed by atoms with Crippen molar-refractivity contribution in [1.82, 2.24) is 5.32 Å². The molecule has 2 heteroatoms. The van der Waals surface area contributed by atoms with Crippen LogP contribution in [0.5, 0.6) is 5.75 Å². The number of hydrogen-bond acceptors (Lipinski definition) is 2. The SMILES string of the molecule is CCCCCCCCC(NC)c1cc(C)ccc1OCC. The third kappa shape index (κ3) is 6.52. The third-order valence-electron chi connectivity index (χ3n) is 4.04. The summed E-state index contributed by atoms with van der Waals surface area (Å²) in [5.41, 5.74) is 2.62. The van der Waals surface area contributed by atoms with Gasteiger partial charge in [0.15, 0.2) is 0 Å². The number of hydrogen-bond donors (Lipinski definition) is 1. The van der Waals surface area contributed by atoms with Crippen molar-refractivity contribution in [3.8, 4) is 5.75 Å². The van der Waals surface area contributed by atoms with Gasteiger partial charge in [0.1, 0.15) is 5.75 Å². The average Bonchev–Trinajstić information content (AvgIpc) is 2.49. The van der Waals surface area contributed by atoms with Gasteiger partial charge in [0.2, 0.25) is 0 Å². The molecule has 0 saturated heterocycles.